The van der Waals surface area contributed by atoms with Gasteiger partial charge in [-0.15, -0.1) is 0 Å². The van der Waals surface area contributed by atoms with Gasteiger partial charge in [-0.3, -0.25) is 0 Å². The lowest BCUT2D eigenvalue weighted by Crippen LogP contribution is -2.20. The second kappa shape index (κ2) is 7.44. The number of hydrogen-bond acceptors (Lipinski definition) is 2. The highest BCUT2D eigenvalue weighted by Crippen LogP contribution is 2.53. The molecule has 0 radical (unpaired) electrons. The molecule has 1 aromatic carbocycles. The van der Waals surface area contributed by atoms with Crippen molar-refractivity contribution >= 4 is 6.08 Å². The Kier molecular flexibility index (Phi) is 4.96. The number of hydrogen-bond donors (Lipinski definition) is 0. The summed E-state index contributed by atoms with van der Waals surface area (Å²) in [5.41, 5.74) is 7.17. The molecule has 4 rings (SSSR count). The number of allylic oxidation sites excluding steroid dienone is 6. The van der Waals surface area contributed by atoms with Crippen molar-refractivity contribution in [1.82, 2.24) is 0 Å². The molecule has 148 valence electrons. The van der Waals surface area contributed by atoms with Crippen LogP contribution in [0.5, 0.6) is 0 Å². The zero-order valence-electron chi connectivity index (χ0n) is 17.7. The summed E-state index contributed by atoms with van der Waals surface area (Å²) in [7, 11) is 0. The molecule has 1 saturated heterocycles. The lowest BCUT2D eigenvalue weighted by molar-refractivity contribution is 0.322. The fourth-order valence-corrected chi connectivity index (χ4v) is 4.44. The smallest absolute Gasteiger partial charge is 0.134 e. The van der Waals surface area contributed by atoms with Gasteiger partial charge in [-0.25, -0.2) is 0 Å². The molecule has 0 bridgehead atoms. The topological polar surface area (TPSA) is 22.4 Å². The number of benzene rings is 1. The first-order valence-corrected chi connectivity index (χ1v) is 10.2. The summed E-state index contributed by atoms with van der Waals surface area (Å²) in [6, 6.07) is 12.8. The second-order valence-electron chi connectivity index (χ2n) is 8.35. The van der Waals surface area contributed by atoms with E-state index in [2.05, 4.69) is 71.2 Å². The molecule has 2 unspecified atom stereocenters. The summed E-state index contributed by atoms with van der Waals surface area (Å²) >= 11 is 0. The summed E-state index contributed by atoms with van der Waals surface area (Å²) in [6.07, 6.45) is 5.73. The minimum absolute atomic E-state index is 0.0662. The first-order chi connectivity index (χ1) is 13.9. The lowest BCUT2D eigenvalue weighted by Gasteiger charge is -2.32. The zero-order valence-corrected chi connectivity index (χ0v) is 17.7. The van der Waals surface area contributed by atoms with Gasteiger partial charge in [-0.1, -0.05) is 56.8 Å². The standard InChI is InChI=1S/C27H28O2/c1-16(2)20-9-11-21(12-10-20)27-25(17(3)4)18(5)14-24-26(27)19(6)23(29-24)15-22-8-7-13-28-22/h7-16,26-27H,3,6H2,1-2,4-5H3/b23-15-. The Bertz CT molecular complexity index is 1040. The number of ether oxygens (including phenoxy) is 1. The van der Waals surface area contributed by atoms with Crippen LogP contribution in [-0.4, -0.2) is 0 Å². The molecular formula is C27H28O2. The third-order valence-corrected chi connectivity index (χ3v) is 5.89. The van der Waals surface area contributed by atoms with Gasteiger partial charge in [0.2, 0.25) is 0 Å². The van der Waals surface area contributed by atoms with Crippen molar-refractivity contribution in [3.8, 4) is 0 Å². The SMILES string of the molecule is C=C(C)C1=C(C)C=C2O/C(=C\c3ccco3)C(=C)C2C1c1ccc(C(C)C)cc1. The number of furan rings is 1. The largest absolute Gasteiger partial charge is 0.465 e. The fourth-order valence-electron chi connectivity index (χ4n) is 4.44. The zero-order chi connectivity index (χ0) is 20.7. The van der Waals surface area contributed by atoms with Gasteiger partial charge in [0.1, 0.15) is 17.3 Å². The van der Waals surface area contributed by atoms with Gasteiger partial charge < -0.3 is 9.15 Å². The fraction of sp³-hybridized carbons (Fsp3) is 0.259. The minimum Gasteiger partial charge on any atom is -0.465 e. The highest BCUT2D eigenvalue weighted by atomic mass is 16.5. The van der Waals surface area contributed by atoms with Gasteiger partial charge in [0, 0.05) is 12.0 Å². The van der Waals surface area contributed by atoms with E-state index in [4.69, 9.17) is 9.15 Å². The monoisotopic (exact) mass is 384 g/mol. The lowest BCUT2D eigenvalue weighted by atomic mass is 9.70. The molecule has 0 spiro atoms. The van der Waals surface area contributed by atoms with Gasteiger partial charge >= 0.3 is 0 Å². The van der Waals surface area contributed by atoms with Crippen LogP contribution in [0.15, 0.2) is 100 Å². The summed E-state index contributed by atoms with van der Waals surface area (Å²) in [5, 5.41) is 0. The Morgan fingerprint density at radius 1 is 1.10 bits per heavy atom. The van der Waals surface area contributed by atoms with Crippen molar-refractivity contribution in [1.29, 1.82) is 0 Å². The van der Waals surface area contributed by atoms with Gasteiger partial charge in [0.15, 0.2) is 0 Å². The van der Waals surface area contributed by atoms with Gasteiger partial charge in [-0.05, 0) is 65.8 Å². The predicted octanol–water partition coefficient (Wildman–Crippen LogP) is 7.52. The molecule has 2 aliphatic rings. The van der Waals surface area contributed by atoms with Gasteiger partial charge in [0.05, 0.1) is 12.2 Å². The maximum atomic E-state index is 6.26. The molecule has 2 aromatic rings. The van der Waals surface area contributed by atoms with Crippen LogP contribution in [0.4, 0.5) is 0 Å². The maximum absolute atomic E-state index is 6.26. The summed E-state index contributed by atoms with van der Waals surface area (Å²) in [6.45, 7) is 17.4. The van der Waals surface area contributed by atoms with Crippen LogP contribution < -0.4 is 0 Å². The van der Waals surface area contributed by atoms with Crippen LogP contribution in [0.2, 0.25) is 0 Å². The van der Waals surface area contributed by atoms with Crippen LogP contribution in [0.1, 0.15) is 56.4 Å². The van der Waals surface area contributed by atoms with Crippen molar-refractivity contribution in [3.63, 3.8) is 0 Å². The van der Waals surface area contributed by atoms with E-state index in [1.165, 1.54) is 22.3 Å². The first-order valence-electron chi connectivity index (χ1n) is 10.2. The molecule has 1 aliphatic carbocycles. The third-order valence-electron chi connectivity index (χ3n) is 5.89. The molecule has 2 nitrogen and oxygen atoms in total. The molecular weight excluding hydrogens is 356 g/mol. The molecule has 0 N–H and O–H groups in total. The highest BCUT2D eigenvalue weighted by Gasteiger charge is 2.42. The number of fused-ring (bicyclic) bond motifs is 1. The van der Waals surface area contributed by atoms with E-state index in [9.17, 15) is 0 Å². The molecule has 0 saturated carbocycles. The Labute approximate surface area is 173 Å². The average Bonchev–Trinajstić information content (AvgIpc) is 3.29. The first kappa shape index (κ1) is 19.3. The van der Waals surface area contributed by atoms with Crippen LogP contribution in [-0.2, 0) is 4.74 Å². The molecule has 2 atom stereocenters. The maximum Gasteiger partial charge on any atom is 0.134 e. The van der Waals surface area contributed by atoms with E-state index < -0.39 is 0 Å². The van der Waals surface area contributed by atoms with Crippen molar-refractivity contribution in [2.24, 2.45) is 5.92 Å². The van der Waals surface area contributed by atoms with Gasteiger partial charge in [-0.2, -0.15) is 0 Å². The molecule has 1 aliphatic heterocycles. The van der Waals surface area contributed by atoms with Gasteiger partial charge in [0.25, 0.3) is 0 Å². The van der Waals surface area contributed by atoms with Crippen molar-refractivity contribution in [2.45, 2.75) is 39.5 Å². The Balaban J connectivity index is 1.80. The Morgan fingerprint density at radius 2 is 1.83 bits per heavy atom. The van der Waals surface area contributed by atoms with Crippen molar-refractivity contribution < 1.29 is 9.15 Å². The van der Waals surface area contributed by atoms with E-state index in [1.54, 1.807) is 6.26 Å². The van der Waals surface area contributed by atoms with E-state index in [1.807, 2.05) is 18.2 Å². The molecule has 29 heavy (non-hydrogen) atoms. The second-order valence-corrected chi connectivity index (χ2v) is 8.35. The molecule has 2 heterocycles. The Hall–Kier alpha value is -3.00. The van der Waals surface area contributed by atoms with Crippen LogP contribution in [0.25, 0.3) is 6.08 Å². The quantitative estimate of drug-likeness (QED) is 0.544. The molecule has 2 heteroatoms. The van der Waals surface area contributed by atoms with Crippen LogP contribution in [0.3, 0.4) is 0 Å². The minimum atomic E-state index is 0.0662. The average molecular weight is 385 g/mol. The summed E-state index contributed by atoms with van der Waals surface area (Å²) < 4.78 is 11.7. The summed E-state index contributed by atoms with van der Waals surface area (Å²) in [5.74, 6) is 3.21. The van der Waals surface area contributed by atoms with E-state index >= 15 is 0 Å². The Morgan fingerprint density at radius 3 is 2.41 bits per heavy atom. The van der Waals surface area contributed by atoms with Crippen molar-refractivity contribution in [2.75, 3.05) is 0 Å². The van der Waals surface area contributed by atoms with E-state index in [-0.39, 0.29) is 11.8 Å². The van der Waals surface area contributed by atoms with E-state index in [0.717, 1.165) is 28.4 Å². The predicted molar refractivity (Wildman–Crippen MR) is 119 cm³/mol. The van der Waals surface area contributed by atoms with E-state index in [0.29, 0.717) is 5.92 Å². The normalized spacial score (nSPS) is 22.7. The molecule has 0 amide bonds. The van der Waals surface area contributed by atoms with Crippen molar-refractivity contribution in [3.05, 3.63) is 113 Å². The molecule has 1 fully saturated rings. The highest BCUT2D eigenvalue weighted by molar-refractivity contribution is 5.61. The molecule has 1 aromatic heterocycles. The van der Waals surface area contributed by atoms with Crippen LogP contribution >= 0.6 is 0 Å². The third kappa shape index (κ3) is 3.44. The summed E-state index contributed by atoms with van der Waals surface area (Å²) in [4.78, 5) is 0. The van der Waals surface area contributed by atoms with Crippen LogP contribution in [0, 0.1) is 5.92 Å². The number of rotatable bonds is 4.